The third kappa shape index (κ3) is 5.59. The molecule has 0 bridgehead atoms. The molecule has 0 fully saturated rings. The normalized spacial score (nSPS) is 10.9. The first-order valence-corrected chi connectivity index (χ1v) is 9.92. The van der Waals surface area contributed by atoms with Crippen molar-refractivity contribution in [2.24, 2.45) is 5.10 Å². The molecule has 0 aliphatic carbocycles. The number of hydrogen-bond acceptors (Lipinski definition) is 4. The average molecular weight is 367 g/mol. The van der Waals surface area contributed by atoms with Gasteiger partial charge in [-0.15, -0.1) is 11.3 Å². The second-order valence-corrected chi connectivity index (χ2v) is 7.35. The first kappa shape index (κ1) is 17.5. The number of benzene rings is 2. The summed E-state index contributed by atoms with van der Waals surface area (Å²) < 4.78 is 0. The lowest BCUT2D eigenvalue weighted by atomic mass is 10.1. The third-order valence-electron chi connectivity index (χ3n) is 3.50. The Hall–Kier alpha value is -2.37. The molecular weight excluding hydrogens is 348 g/mol. The van der Waals surface area contributed by atoms with E-state index in [0.29, 0.717) is 5.56 Å². The van der Waals surface area contributed by atoms with Gasteiger partial charge in [0.1, 0.15) is 0 Å². The molecule has 3 aromatic rings. The highest BCUT2D eigenvalue weighted by atomic mass is 32.2. The minimum atomic E-state index is -0.198. The van der Waals surface area contributed by atoms with Crippen molar-refractivity contribution in [3.8, 4) is 0 Å². The van der Waals surface area contributed by atoms with E-state index in [1.807, 2.05) is 59.6 Å². The maximum Gasteiger partial charge on any atom is 0.271 e. The van der Waals surface area contributed by atoms with Gasteiger partial charge in [0, 0.05) is 21.9 Å². The number of thiophene rings is 1. The molecule has 25 heavy (non-hydrogen) atoms. The van der Waals surface area contributed by atoms with Crippen LogP contribution in [-0.2, 0) is 11.5 Å². The summed E-state index contributed by atoms with van der Waals surface area (Å²) in [5, 5.41) is 5.95. The fourth-order valence-electron chi connectivity index (χ4n) is 2.20. The monoisotopic (exact) mass is 366 g/mol. The maximum atomic E-state index is 12.1. The second-order valence-electron chi connectivity index (χ2n) is 5.39. The molecule has 5 heteroatoms. The van der Waals surface area contributed by atoms with Gasteiger partial charge in [-0.05, 0) is 34.7 Å². The largest absolute Gasteiger partial charge is 0.271 e. The van der Waals surface area contributed by atoms with Crippen LogP contribution in [0.4, 0.5) is 0 Å². The van der Waals surface area contributed by atoms with Crippen molar-refractivity contribution in [2.45, 2.75) is 11.5 Å². The fourth-order valence-corrected chi connectivity index (χ4v) is 3.74. The lowest BCUT2D eigenvalue weighted by Crippen LogP contribution is -2.17. The van der Waals surface area contributed by atoms with Gasteiger partial charge in [-0.2, -0.15) is 16.9 Å². The van der Waals surface area contributed by atoms with E-state index in [1.165, 1.54) is 11.1 Å². The van der Waals surface area contributed by atoms with Gasteiger partial charge in [-0.3, -0.25) is 4.79 Å². The van der Waals surface area contributed by atoms with Crippen LogP contribution in [0.25, 0.3) is 0 Å². The highest BCUT2D eigenvalue weighted by molar-refractivity contribution is 7.97. The molecule has 126 valence electrons. The molecule has 0 unspecified atom stereocenters. The van der Waals surface area contributed by atoms with Crippen LogP contribution in [0.5, 0.6) is 0 Å². The molecule has 1 N–H and O–H groups in total. The van der Waals surface area contributed by atoms with Crippen LogP contribution in [0.3, 0.4) is 0 Å². The molecule has 0 aliphatic rings. The van der Waals surface area contributed by atoms with Crippen LogP contribution >= 0.6 is 23.1 Å². The van der Waals surface area contributed by atoms with Crippen molar-refractivity contribution in [3.05, 3.63) is 93.7 Å². The molecule has 0 atom stereocenters. The van der Waals surface area contributed by atoms with Gasteiger partial charge in [0.25, 0.3) is 5.91 Å². The second kappa shape index (κ2) is 9.20. The van der Waals surface area contributed by atoms with E-state index in [-0.39, 0.29) is 5.91 Å². The van der Waals surface area contributed by atoms with Crippen molar-refractivity contribution in [1.82, 2.24) is 5.43 Å². The summed E-state index contributed by atoms with van der Waals surface area (Å²) >= 11 is 3.44. The first-order valence-electron chi connectivity index (χ1n) is 7.89. The Balaban J connectivity index is 1.47. The Kier molecular flexibility index (Phi) is 6.42. The van der Waals surface area contributed by atoms with Crippen LogP contribution in [-0.4, -0.2) is 12.1 Å². The first-order chi connectivity index (χ1) is 12.3. The Labute approximate surface area is 155 Å². The molecule has 0 saturated heterocycles. The number of rotatable bonds is 7. The minimum absolute atomic E-state index is 0.198. The standard InChI is InChI=1S/C20H18N2OS2/c23-20(22-21-13-19-7-4-12-25-19)18-10-8-17(9-11-18)15-24-14-16-5-2-1-3-6-16/h1-13H,14-15H2,(H,22,23)/b21-13+. The molecule has 1 aromatic heterocycles. The Morgan fingerprint density at radius 1 is 0.960 bits per heavy atom. The summed E-state index contributed by atoms with van der Waals surface area (Å²) in [4.78, 5) is 13.1. The summed E-state index contributed by atoms with van der Waals surface area (Å²) in [6.45, 7) is 0. The van der Waals surface area contributed by atoms with Crippen LogP contribution < -0.4 is 5.43 Å². The van der Waals surface area contributed by atoms with Gasteiger partial charge in [-0.1, -0.05) is 48.5 Å². The molecule has 3 rings (SSSR count). The predicted octanol–water partition coefficient (Wildman–Crippen LogP) is 4.95. The molecule has 2 aromatic carbocycles. The number of carbonyl (C=O) groups is 1. The Bertz CT molecular complexity index is 813. The summed E-state index contributed by atoms with van der Waals surface area (Å²) in [7, 11) is 0. The number of nitrogens with one attached hydrogen (secondary N) is 1. The number of hydrogen-bond donors (Lipinski definition) is 1. The lowest BCUT2D eigenvalue weighted by molar-refractivity contribution is 0.0955. The van der Waals surface area contributed by atoms with E-state index in [1.54, 1.807) is 17.6 Å². The van der Waals surface area contributed by atoms with Crippen molar-refractivity contribution < 1.29 is 4.79 Å². The van der Waals surface area contributed by atoms with E-state index in [9.17, 15) is 4.79 Å². The number of amides is 1. The zero-order valence-corrected chi connectivity index (χ0v) is 15.2. The van der Waals surface area contributed by atoms with E-state index in [0.717, 1.165) is 16.4 Å². The van der Waals surface area contributed by atoms with Gasteiger partial charge in [0.15, 0.2) is 0 Å². The quantitative estimate of drug-likeness (QED) is 0.475. The van der Waals surface area contributed by atoms with Crippen LogP contribution in [0.2, 0.25) is 0 Å². The molecular formula is C20H18N2OS2. The van der Waals surface area contributed by atoms with E-state index < -0.39 is 0 Å². The van der Waals surface area contributed by atoms with E-state index in [4.69, 9.17) is 0 Å². The third-order valence-corrected chi connectivity index (χ3v) is 5.38. The molecule has 0 radical (unpaired) electrons. The SMILES string of the molecule is O=C(N/N=C/c1cccs1)c1ccc(CSCc2ccccc2)cc1. The van der Waals surface area contributed by atoms with Gasteiger partial charge in [0.05, 0.1) is 6.21 Å². The fraction of sp³-hybridized carbons (Fsp3) is 0.100. The predicted molar refractivity (Wildman–Crippen MR) is 107 cm³/mol. The summed E-state index contributed by atoms with van der Waals surface area (Å²) in [6.07, 6.45) is 1.65. The van der Waals surface area contributed by atoms with Crippen LogP contribution in [0.15, 0.2) is 77.2 Å². The molecule has 0 aliphatic heterocycles. The topological polar surface area (TPSA) is 41.5 Å². The molecule has 3 nitrogen and oxygen atoms in total. The molecule has 1 amide bonds. The maximum absolute atomic E-state index is 12.1. The molecule has 0 spiro atoms. The smallest absolute Gasteiger partial charge is 0.267 e. The molecule has 0 saturated carbocycles. The van der Waals surface area contributed by atoms with Crippen molar-refractivity contribution >= 4 is 35.2 Å². The van der Waals surface area contributed by atoms with E-state index >= 15 is 0 Å². The van der Waals surface area contributed by atoms with Crippen molar-refractivity contribution in [2.75, 3.05) is 0 Å². The van der Waals surface area contributed by atoms with Gasteiger partial charge in [0.2, 0.25) is 0 Å². The van der Waals surface area contributed by atoms with Crippen molar-refractivity contribution in [3.63, 3.8) is 0 Å². The zero-order chi connectivity index (χ0) is 17.3. The van der Waals surface area contributed by atoms with Gasteiger partial charge < -0.3 is 0 Å². The highest BCUT2D eigenvalue weighted by Crippen LogP contribution is 2.18. The average Bonchev–Trinajstić information content (AvgIpc) is 3.16. The van der Waals surface area contributed by atoms with Gasteiger partial charge in [-0.25, -0.2) is 5.43 Å². The lowest BCUT2D eigenvalue weighted by Gasteiger charge is -2.04. The number of carbonyl (C=O) groups excluding carboxylic acids is 1. The van der Waals surface area contributed by atoms with Crippen LogP contribution in [0, 0.1) is 0 Å². The number of nitrogens with zero attached hydrogens (tertiary/aromatic N) is 1. The van der Waals surface area contributed by atoms with E-state index in [2.05, 4.69) is 34.8 Å². The number of thioether (sulfide) groups is 1. The summed E-state index contributed by atoms with van der Waals surface area (Å²) in [5.41, 5.74) is 5.70. The number of hydrazone groups is 1. The summed E-state index contributed by atoms with van der Waals surface area (Å²) in [6, 6.07) is 22.0. The van der Waals surface area contributed by atoms with Crippen molar-refractivity contribution in [1.29, 1.82) is 0 Å². The molecule has 1 heterocycles. The zero-order valence-electron chi connectivity index (χ0n) is 13.6. The Morgan fingerprint density at radius 2 is 1.68 bits per heavy atom. The van der Waals surface area contributed by atoms with Gasteiger partial charge >= 0.3 is 0 Å². The Morgan fingerprint density at radius 3 is 2.36 bits per heavy atom. The minimum Gasteiger partial charge on any atom is -0.267 e. The van der Waals surface area contributed by atoms with Crippen LogP contribution in [0.1, 0.15) is 26.4 Å². The summed E-state index contributed by atoms with van der Waals surface area (Å²) in [5.74, 6) is 1.71. The highest BCUT2D eigenvalue weighted by Gasteiger charge is 2.04.